The van der Waals surface area contributed by atoms with Crippen LogP contribution in [0.4, 0.5) is 4.79 Å². The summed E-state index contributed by atoms with van der Waals surface area (Å²) >= 11 is 0. The van der Waals surface area contributed by atoms with E-state index in [4.69, 9.17) is 4.74 Å². The van der Waals surface area contributed by atoms with Crippen LogP contribution < -0.4 is 10.6 Å². The Bertz CT molecular complexity index is 1070. The minimum absolute atomic E-state index is 0.0699. The lowest BCUT2D eigenvalue weighted by Gasteiger charge is -2.43. The van der Waals surface area contributed by atoms with Gasteiger partial charge in [0.2, 0.25) is 5.91 Å². The molecule has 2 amide bonds. The Balaban J connectivity index is 1.30. The van der Waals surface area contributed by atoms with Crippen molar-refractivity contribution in [1.29, 1.82) is 0 Å². The zero-order chi connectivity index (χ0) is 23.8. The topological polar surface area (TPSA) is 105 Å². The average molecular weight is 463 g/mol. The molecular weight excluding hydrogens is 432 g/mol. The summed E-state index contributed by atoms with van der Waals surface area (Å²) in [6.45, 7) is 0.163. The Labute approximate surface area is 198 Å². The number of carboxylic acids is 1. The predicted molar refractivity (Wildman–Crippen MR) is 126 cm³/mol. The third-order valence-corrected chi connectivity index (χ3v) is 7.80. The van der Waals surface area contributed by atoms with Gasteiger partial charge in [-0.15, -0.1) is 0 Å². The second-order valence-electron chi connectivity index (χ2n) is 9.79. The summed E-state index contributed by atoms with van der Waals surface area (Å²) in [7, 11) is 0. The lowest BCUT2D eigenvalue weighted by molar-refractivity contribution is -0.153. The molecule has 3 N–H and O–H groups in total. The maximum Gasteiger partial charge on any atom is 0.408 e. The van der Waals surface area contributed by atoms with E-state index in [-0.39, 0.29) is 12.5 Å². The Morgan fingerprint density at radius 3 is 1.88 bits per heavy atom. The van der Waals surface area contributed by atoms with Crippen LogP contribution in [0.25, 0.3) is 11.1 Å². The number of benzene rings is 2. The fourth-order valence-electron chi connectivity index (χ4n) is 5.65. The lowest BCUT2D eigenvalue weighted by Crippen LogP contribution is -2.67. The maximum atomic E-state index is 13.3. The minimum atomic E-state index is -1.22. The molecule has 0 aromatic heterocycles. The molecule has 0 atom stereocenters. The highest BCUT2D eigenvalue weighted by Gasteiger charge is 2.50. The van der Waals surface area contributed by atoms with Crippen molar-refractivity contribution in [2.24, 2.45) is 0 Å². The smallest absolute Gasteiger partial charge is 0.408 e. The standard InChI is InChI=1S/C27H30N2O5/c30-23(28-27(24(31)32)15-8-16-27)26(13-6-1-7-14-26)29-25(33)34-17-22-20-11-4-2-9-18(20)19-10-3-5-12-21(19)22/h2-5,9-12,22H,1,6-8,13-17H2,(H,28,30)(H,29,33)(H,31,32). The molecule has 2 aromatic rings. The van der Waals surface area contributed by atoms with Crippen LogP contribution in [-0.4, -0.2) is 40.8 Å². The van der Waals surface area contributed by atoms with Gasteiger partial charge in [0.05, 0.1) is 0 Å². The van der Waals surface area contributed by atoms with Gasteiger partial charge in [-0.05, 0) is 54.4 Å². The first kappa shape index (κ1) is 22.4. The van der Waals surface area contributed by atoms with Gasteiger partial charge in [-0.1, -0.05) is 67.8 Å². The number of nitrogens with one attached hydrogen (secondary N) is 2. The van der Waals surface area contributed by atoms with Crippen LogP contribution in [0.3, 0.4) is 0 Å². The van der Waals surface area contributed by atoms with E-state index in [9.17, 15) is 19.5 Å². The molecule has 0 heterocycles. The van der Waals surface area contributed by atoms with Crippen molar-refractivity contribution in [3.63, 3.8) is 0 Å². The number of carboxylic acid groups (broad SMARTS) is 1. The van der Waals surface area contributed by atoms with Gasteiger partial charge in [-0.25, -0.2) is 9.59 Å². The Hall–Kier alpha value is -3.35. The molecule has 178 valence electrons. The summed E-state index contributed by atoms with van der Waals surface area (Å²) in [6.07, 6.45) is 4.44. The van der Waals surface area contributed by atoms with E-state index in [1.54, 1.807) is 0 Å². The summed E-state index contributed by atoms with van der Waals surface area (Å²) in [6, 6.07) is 16.2. The highest BCUT2D eigenvalue weighted by atomic mass is 16.5. The van der Waals surface area contributed by atoms with E-state index in [2.05, 4.69) is 34.9 Å². The molecule has 2 fully saturated rings. The van der Waals surface area contributed by atoms with Crippen LogP contribution in [-0.2, 0) is 14.3 Å². The van der Waals surface area contributed by atoms with Gasteiger partial charge < -0.3 is 20.5 Å². The molecule has 0 radical (unpaired) electrons. The number of carbonyl (C=O) groups is 3. The second kappa shape index (κ2) is 8.78. The van der Waals surface area contributed by atoms with E-state index in [1.807, 2.05) is 24.3 Å². The van der Waals surface area contributed by atoms with Gasteiger partial charge in [0, 0.05) is 5.92 Å². The Morgan fingerprint density at radius 1 is 0.794 bits per heavy atom. The number of hydrogen-bond acceptors (Lipinski definition) is 4. The van der Waals surface area contributed by atoms with Crippen LogP contribution in [0.15, 0.2) is 48.5 Å². The molecule has 34 heavy (non-hydrogen) atoms. The SMILES string of the molecule is O=C(NC1(C(=O)NC2(C(=O)O)CCC2)CCCCC1)OCC1c2ccccc2-c2ccccc21. The third kappa shape index (κ3) is 3.83. The summed E-state index contributed by atoms with van der Waals surface area (Å²) in [5, 5.41) is 15.2. The van der Waals surface area contributed by atoms with Crippen molar-refractivity contribution in [2.75, 3.05) is 6.61 Å². The van der Waals surface area contributed by atoms with Crippen molar-refractivity contribution in [2.45, 2.75) is 68.4 Å². The Kier molecular flexibility index (Phi) is 5.80. The predicted octanol–water partition coefficient (Wildman–Crippen LogP) is 4.35. The van der Waals surface area contributed by atoms with E-state index >= 15 is 0 Å². The van der Waals surface area contributed by atoms with Crippen LogP contribution in [0, 0.1) is 0 Å². The molecule has 2 saturated carbocycles. The summed E-state index contributed by atoms with van der Waals surface area (Å²) in [4.78, 5) is 38.0. The quantitative estimate of drug-likeness (QED) is 0.592. The molecule has 0 aliphatic heterocycles. The molecule has 7 heteroatoms. The van der Waals surface area contributed by atoms with Gasteiger partial charge >= 0.3 is 12.1 Å². The largest absolute Gasteiger partial charge is 0.480 e. The highest BCUT2D eigenvalue weighted by Crippen LogP contribution is 2.44. The van der Waals surface area contributed by atoms with Crippen LogP contribution in [0.5, 0.6) is 0 Å². The number of ether oxygens (including phenoxy) is 1. The van der Waals surface area contributed by atoms with E-state index < -0.39 is 29.0 Å². The number of fused-ring (bicyclic) bond motifs is 3. The van der Waals surface area contributed by atoms with E-state index in [1.165, 1.54) is 0 Å². The Morgan fingerprint density at radius 2 is 1.35 bits per heavy atom. The number of amides is 2. The van der Waals surface area contributed by atoms with Crippen molar-refractivity contribution in [1.82, 2.24) is 10.6 Å². The van der Waals surface area contributed by atoms with Gasteiger partial charge in [-0.3, -0.25) is 4.79 Å². The van der Waals surface area contributed by atoms with Gasteiger partial charge in [0.25, 0.3) is 0 Å². The normalized spacial score (nSPS) is 19.8. The first-order valence-corrected chi connectivity index (χ1v) is 12.1. The number of alkyl carbamates (subject to hydrolysis) is 1. The van der Waals surface area contributed by atoms with E-state index in [0.717, 1.165) is 47.9 Å². The molecule has 0 unspecified atom stereocenters. The van der Waals surface area contributed by atoms with Crippen molar-refractivity contribution in [3.05, 3.63) is 59.7 Å². The fraction of sp³-hybridized carbons (Fsp3) is 0.444. The first-order valence-electron chi connectivity index (χ1n) is 12.1. The molecule has 2 aromatic carbocycles. The third-order valence-electron chi connectivity index (χ3n) is 7.80. The van der Waals surface area contributed by atoms with Crippen LogP contribution >= 0.6 is 0 Å². The molecule has 0 bridgehead atoms. The van der Waals surface area contributed by atoms with Crippen LogP contribution in [0.2, 0.25) is 0 Å². The van der Waals surface area contributed by atoms with Gasteiger partial charge in [0.1, 0.15) is 17.7 Å². The summed E-state index contributed by atoms with van der Waals surface area (Å²) in [5.74, 6) is -1.50. The van der Waals surface area contributed by atoms with Crippen molar-refractivity contribution in [3.8, 4) is 11.1 Å². The number of hydrogen-bond donors (Lipinski definition) is 3. The lowest BCUT2D eigenvalue weighted by atomic mass is 9.74. The van der Waals surface area contributed by atoms with Crippen LogP contribution in [0.1, 0.15) is 68.4 Å². The molecule has 0 spiro atoms. The second-order valence-corrected chi connectivity index (χ2v) is 9.79. The zero-order valence-electron chi connectivity index (χ0n) is 19.1. The monoisotopic (exact) mass is 462 g/mol. The molecule has 3 aliphatic rings. The average Bonchev–Trinajstić information content (AvgIpc) is 3.14. The van der Waals surface area contributed by atoms with E-state index in [0.29, 0.717) is 25.7 Å². The molecular formula is C27H30N2O5. The number of rotatable bonds is 6. The zero-order valence-corrected chi connectivity index (χ0v) is 19.1. The first-order chi connectivity index (χ1) is 16.4. The highest BCUT2D eigenvalue weighted by molar-refractivity contribution is 5.94. The summed E-state index contributed by atoms with van der Waals surface area (Å²) < 4.78 is 5.69. The fourth-order valence-corrected chi connectivity index (χ4v) is 5.65. The van der Waals surface area contributed by atoms with Crippen molar-refractivity contribution >= 4 is 18.0 Å². The number of aliphatic carboxylic acids is 1. The number of carbonyl (C=O) groups excluding carboxylic acids is 2. The molecule has 7 nitrogen and oxygen atoms in total. The summed E-state index contributed by atoms with van der Waals surface area (Å²) in [5.41, 5.74) is 2.18. The molecule has 3 aliphatic carbocycles. The van der Waals surface area contributed by atoms with Gasteiger partial charge in [0.15, 0.2) is 0 Å². The molecule has 5 rings (SSSR count). The minimum Gasteiger partial charge on any atom is -0.480 e. The maximum absolute atomic E-state index is 13.3. The van der Waals surface area contributed by atoms with Gasteiger partial charge in [-0.2, -0.15) is 0 Å². The van der Waals surface area contributed by atoms with Crippen molar-refractivity contribution < 1.29 is 24.2 Å². The molecule has 0 saturated heterocycles.